The van der Waals surface area contributed by atoms with Gasteiger partial charge in [-0.25, -0.2) is 9.59 Å². The summed E-state index contributed by atoms with van der Waals surface area (Å²) in [4.78, 5) is 22.5. The van der Waals surface area contributed by atoms with Crippen molar-refractivity contribution < 1.29 is 19.1 Å². The molecule has 1 aliphatic heterocycles. The highest BCUT2D eigenvalue weighted by Crippen LogP contribution is 2.25. The molecule has 16 heavy (non-hydrogen) atoms. The van der Waals surface area contributed by atoms with Crippen molar-refractivity contribution in [3.63, 3.8) is 0 Å². The number of alkyl carbamates (subject to hydrolysis) is 1. The van der Waals surface area contributed by atoms with Gasteiger partial charge in [-0.3, -0.25) is 0 Å². The fourth-order valence-corrected chi connectivity index (χ4v) is 1.64. The molecule has 1 aromatic carbocycles. The zero-order valence-electron chi connectivity index (χ0n) is 8.67. The van der Waals surface area contributed by atoms with E-state index < -0.39 is 24.2 Å². The highest BCUT2D eigenvalue weighted by molar-refractivity contribution is 5.83. The molecule has 0 bridgehead atoms. The van der Waals surface area contributed by atoms with Crippen molar-refractivity contribution in [2.45, 2.75) is 12.1 Å². The van der Waals surface area contributed by atoms with Crippen molar-refractivity contribution in [2.24, 2.45) is 0 Å². The van der Waals surface area contributed by atoms with Gasteiger partial charge >= 0.3 is 12.1 Å². The van der Waals surface area contributed by atoms with Crippen molar-refractivity contribution in [3.05, 3.63) is 35.9 Å². The van der Waals surface area contributed by atoms with Gasteiger partial charge in [0.1, 0.15) is 6.04 Å². The fraction of sp³-hybridized carbons (Fsp3) is 0.273. The average Bonchev–Trinajstić information content (AvgIpc) is 2.71. The first kappa shape index (κ1) is 10.5. The van der Waals surface area contributed by atoms with Gasteiger partial charge < -0.3 is 14.8 Å². The predicted octanol–water partition coefficient (Wildman–Crippen LogP) is 1.01. The molecule has 0 aromatic heterocycles. The third kappa shape index (κ3) is 1.84. The van der Waals surface area contributed by atoms with E-state index in [1.54, 1.807) is 0 Å². The monoisotopic (exact) mass is 221 g/mol. The highest BCUT2D eigenvalue weighted by atomic mass is 16.6. The summed E-state index contributed by atoms with van der Waals surface area (Å²) in [5.41, 5.74) is 0.809. The number of rotatable bonds is 2. The van der Waals surface area contributed by atoms with Crippen LogP contribution in [0.1, 0.15) is 11.6 Å². The second-order valence-corrected chi connectivity index (χ2v) is 3.38. The minimum absolute atomic E-state index is 0.485. The zero-order chi connectivity index (χ0) is 11.5. The van der Waals surface area contributed by atoms with Crippen LogP contribution in [0.15, 0.2) is 30.3 Å². The summed E-state index contributed by atoms with van der Waals surface area (Å²) in [7, 11) is 1.26. The second-order valence-electron chi connectivity index (χ2n) is 3.38. The molecule has 84 valence electrons. The molecule has 1 aromatic rings. The summed E-state index contributed by atoms with van der Waals surface area (Å²) >= 11 is 0. The van der Waals surface area contributed by atoms with Gasteiger partial charge in [-0.1, -0.05) is 30.3 Å². The number of esters is 1. The molecule has 1 amide bonds. The van der Waals surface area contributed by atoms with Gasteiger partial charge in [0.25, 0.3) is 0 Å². The largest absolute Gasteiger partial charge is 0.466 e. The topological polar surface area (TPSA) is 64.6 Å². The summed E-state index contributed by atoms with van der Waals surface area (Å²) < 4.78 is 9.43. The van der Waals surface area contributed by atoms with E-state index in [-0.39, 0.29) is 0 Å². The molecule has 1 heterocycles. The van der Waals surface area contributed by atoms with Crippen LogP contribution in [0.4, 0.5) is 4.79 Å². The Labute approximate surface area is 92.4 Å². The average molecular weight is 221 g/mol. The van der Waals surface area contributed by atoms with E-state index in [4.69, 9.17) is 4.74 Å². The van der Waals surface area contributed by atoms with Gasteiger partial charge in [0, 0.05) is 0 Å². The molecule has 0 aliphatic carbocycles. The SMILES string of the molecule is COC(=O)C1OC(=O)NC1c1ccccc1. The van der Waals surface area contributed by atoms with Gasteiger partial charge in [-0.05, 0) is 5.56 Å². The number of cyclic esters (lactones) is 1. The number of methoxy groups -OCH3 is 1. The normalized spacial score (nSPS) is 23.4. The Morgan fingerprint density at radius 1 is 1.38 bits per heavy atom. The van der Waals surface area contributed by atoms with Gasteiger partial charge in [0.2, 0.25) is 6.10 Å². The molecule has 0 spiro atoms. The zero-order valence-corrected chi connectivity index (χ0v) is 8.67. The molecule has 1 N–H and O–H groups in total. The number of ether oxygens (including phenoxy) is 2. The molecule has 2 unspecified atom stereocenters. The van der Waals surface area contributed by atoms with Crippen LogP contribution in [0.5, 0.6) is 0 Å². The Balaban J connectivity index is 2.26. The van der Waals surface area contributed by atoms with Crippen LogP contribution in [0.2, 0.25) is 0 Å². The number of amides is 1. The maximum atomic E-state index is 11.4. The Bertz CT molecular complexity index is 404. The van der Waals surface area contributed by atoms with Crippen molar-refractivity contribution in [1.29, 1.82) is 0 Å². The first-order chi connectivity index (χ1) is 7.72. The lowest BCUT2D eigenvalue weighted by molar-refractivity contribution is -0.149. The first-order valence-corrected chi connectivity index (χ1v) is 4.82. The number of benzene rings is 1. The van der Waals surface area contributed by atoms with Gasteiger partial charge in [-0.15, -0.1) is 0 Å². The van der Waals surface area contributed by atoms with Crippen LogP contribution in [-0.2, 0) is 14.3 Å². The van der Waals surface area contributed by atoms with Crippen LogP contribution >= 0.6 is 0 Å². The third-order valence-corrected chi connectivity index (χ3v) is 2.40. The molecular formula is C11H11NO4. The smallest absolute Gasteiger partial charge is 0.408 e. The van der Waals surface area contributed by atoms with Crippen molar-refractivity contribution in [3.8, 4) is 0 Å². The number of hydrogen-bond acceptors (Lipinski definition) is 4. The summed E-state index contributed by atoms with van der Waals surface area (Å²) in [5.74, 6) is -0.563. The minimum Gasteiger partial charge on any atom is -0.466 e. The summed E-state index contributed by atoms with van der Waals surface area (Å²) in [5, 5.41) is 2.57. The number of carbonyl (C=O) groups excluding carboxylic acids is 2. The lowest BCUT2D eigenvalue weighted by atomic mass is 10.0. The molecule has 1 aliphatic rings. The van der Waals surface area contributed by atoms with Crippen LogP contribution in [0, 0.1) is 0 Å². The quantitative estimate of drug-likeness (QED) is 0.757. The molecule has 1 saturated heterocycles. The van der Waals surface area contributed by atoms with E-state index in [0.29, 0.717) is 0 Å². The standard InChI is InChI=1S/C11H11NO4/c1-15-10(13)9-8(12-11(14)16-9)7-5-3-2-4-6-7/h2-6,8-9H,1H3,(H,12,14). The van der Waals surface area contributed by atoms with E-state index >= 15 is 0 Å². The molecule has 2 rings (SSSR count). The lowest BCUT2D eigenvalue weighted by Gasteiger charge is -2.14. The summed E-state index contributed by atoms with van der Waals surface area (Å²) in [6.45, 7) is 0. The van der Waals surface area contributed by atoms with Crippen LogP contribution in [-0.4, -0.2) is 25.3 Å². The molecule has 5 nitrogen and oxygen atoms in total. The second kappa shape index (κ2) is 4.22. The van der Waals surface area contributed by atoms with Crippen molar-refractivity contribution >= 4 is 12.1 Å². The van der Waals surface area contributed by atoms with Gasteiger partial charge in [-0.2, -0.15) is 0 Å². The van der Waals surface area contributed by atoms with E-state index in [1.165, 1.54) is 7.11 Å². The maximum absolute atomic E-state index is 11.4. The van der Waals surface area contributed by atoms with Crippen LogP contribution < -0.4 is 5.32 Å². The summed E-state index contributed by atoms with van der Waals surface area (Å²) in [6, 6.07) is 8.66. The highest BCUT2D eigenvalue weighted by Gasteiger charge is 2.41. The fourth-order valence-electron chi connectivity index (χ4n) is 1.64. The Hall–Kier alpha value is -2.04. The number of carbonyl (C=O) groups is 2. The van der Waals surface area contributed by atoms with Gasteiger partial charge in [0.05, 0.1) is 7.11 Å². The van der Waals surface area contributed by atoms with Crippen molar-refractivity contribution in [1.82, 2.24) is 5.32 Å². The molecule has 5 heteroatoms. The van der Waals surface area contributed by atoms with E-state index in [0.717, 1.165) is 5.56 Å². The maximum Gasteiger partial charge on any atom is 0.408 e. The molecule has 2 atom stereocenters. The minimum atomic E-state index is -0.917. The van der Waals surface area contributed by atoms with Gasteiger partial charge in [0.15, 0.2) is 0 Å². The first-order valence-electron chi connectivity index (χ1n) is 4.82. The number of nitrogens with one attached hydrogen (secondary N) is 1. The van der Waals surface area contributed by atoms with Crippen molar-refractivity contribution in [2.75, 3.05) is 7.11 Å². The Morgan fingerprint density at radius 2 is 2.06 bits per heavy atom. The van der Waals surface area contributed by atoms with Crippen LogP contribution in [0.3, 0.4) is 0 Å². The number of hydrogen-bond donors (Lipinski definition) is 1. The molecular weight excluding hydrogens is 210 g/mol. The predicted molar refractivity (Wildman–Crippen MR) is 54.6 cm³/mol. The van der Waals surface area contributed by atoms with E-state index in [9.17, 15) is 9.59 Å². The summed E-state index contributed by atoms with van der Waals surface area (Å²) in [6.07, 6.45) is -1.52. The third-order valence-electron chi connectivity index (χ3n) is 2.40. The Kier molecular flexibility index (Phi) is 2.76. The van der Waals surface area contributed by atoms with Crippen LogP contribution in [0.25, 0.3) is 0 Å². The molecule has 1 fully saturated rings. The lowest BCUT2D eigenvalue weighted by Crippen LogP contribution is -2.30. The Morgan fingerprint density at radius 3 is 2.69 bits per heavy atom. The molecule has 0 radical (unpaired) electrons. The molecule has 0 saturated carbocycles. The van der Waals surface area contributed by atoms with E-state index in [1.807, 2.05) is 30.3 Å². The van der Waals surface area contributed by atoms with E-state index in [2.05, 4.69) is 10.1 Å².